The number of pyridine rings is 1. The van der Waals surface area contributed by atoms with Gasteiger partial charge in [-0.3, -0.25) is 0 Å². The first-order valence-corrected chi connectivity index (χ1v) is 7.08. The lowest BCUT2D eigenvalue weighted by Gasteiger charge is -2.23. The van der Waals surface area contributed by atoms with Gasteiger partial charge in [-0.25, -0.2) is 4.98 Å². The average Bonchev–Trinajstić information content (AvgIpc) is 2.53. The SMILES string of the molecule is CCOCCN(CCOCC)c1cccc(/C(N)=N/O)n1. The van der Waals surface area contributed by atoms with E-state index in [-0.39, 0.29) is 5.84 Å². The van der Waals surface area contributed by atoms with Crippen LogP contribution in [0.15, 0.2) is 23.4 Å². The summed E-state index contributed by atoms with van der Waals surface area (Å²) in [7, 11) is 0. The van der Waals surface area contributed by atoms with Crippen molar-refractivity contribution in [2.45, 2.75) is 13.8 Å². The third-order valence-electron chi connectivity index (χ3n) is 2.85. The monoisotopic (exact) mass is 296 g/mol. The Kier molecular flexibility index (Phi) is 8.15. The van der Waals surface area contributed by atoms with Crippen LogP contribution in [0.2, 0.25) is 0 Å². The van der Waals surface area contributed by atoms with Crippen molar-refractivity contribution in [3.63, 3.8) is 0 Å². The maximum absolute atomic E-state index is 8.73. The van der Waals surface area contributed by atoms with Gasteiger partial charge in [-0.2, -0.15) is 0 Å². The highest BCUT2D eigenvalue weighted by atomic mass is 16.5. The number of aromatic nitrogens is 1. The second-order valence-corrected chi connectivity index (χ2v) is 4.25. The molecule has 0 aromatic carbocycles. The number of oxime groups is 1. The van der Waals surface area contributed by atoms with E-state index < -0.39 is 0 Å². The lowest BCUT2D eigenvalue weighted by Crippen LogP contribution is -2.32. The van der Waals surface area contributed by atoms with Crippen LogP contribution in [0.25, 0.3) is 0 Å². The summed E-state index contributed by atoms with van der Waals surface area (Å²) in [5.74, 6) is 0.741. The number of ether oxygens (including phenoxy) is 2. The fourth-order valence-corrected chi connectivity index (χ4v) is 1.77. The van der Waals surface area contributed by atoms with Gasteiger partial charge >= 0.3 is 0 Å². The summed E-state index contributed by atoms with van der Waals surface area (Å²) in [4.78, 5) is 6.46. The molecule has 0 saturated heterocycles. The first-order valence-electron chi connectivity index (χ1n) is 7.08. The van der Waals surface area contributed by atoms with Crippen LogP contribution in [-0.2, 0) is 9.47 Å². The fraction of sp³-hybridized carbons (Fsp3) is 0.571. The molecule has 0 saturated carbocycles. The highest BCUT2D eigenvalue weighted by molar-refractivity contribution is 5.95. The molecular weight excluding hydrogens is 272 g/mol. The second kappa shape index (κ2) is 9.95. The average molecular weight is 296 g/mol. The predicted molar refractivity (Wildman–Crippen MR) is 81.9 cm³/mol. The standard InChI is InChI=1S/C14H24N4O3/c1-3-20-10-8-18(9-11-21-4-2)13-7-5-6-12(16-13)14(15)17-19/h5-7,19H,3-4,8-11H2,1-2H3,(H2,15,17). The highest BCUT2D eigenvalue weighted by Gasteiger charge is 2.10. The van der Waals surface area contributed by atoms with Gasteiger partial charge in [0.25, 0.3) is 0 Å². The van der Waals surface area contributed by atoms with E-state index in [0.717, 1.165) is 5.82 Å². The van der Waals surface area contributed by atoms with E-state index in [1.165, 1.54) is 0 Å². The van der Waals surface area contributed by atoms with Crippen molar-refractivity contribution in [1.82, 2.24) is 4.98 Å². The van der Waals surface area contributed by atoms with Gasteiger partial charge < -0.3 is 25.3 Å². The van der Waals surface area contributed by atoms with E-state index in [4.69, 9.17) is 20.4 Å². The minimum absolute atomic E-state index is 0.00795. The minimum atomic E-state index is -0.00795. The van der Waals surface area contributed by atoms with Crippen molar-refractivity contribution in [3.05, 3.63) is 23.9 Å². The topological polar surface area (TPSA) is 93.2 Å². The molecule has 7 heteroatoms. The predicted octanol–water partition coefficient (Wildman–Crippen LogP) is 1.06. The van der Waals surface area contributed by atoms with Gasteiger partial charge in [-0.1, -0.05) is 11.2 Å². The zero-order valence-corrected chi connectivity index (χ0v) is 12.7. The van der Waals surface area contributed by atoms with Gasteiger partial charge in [0.1, 0.15) is 11.5 Å². The summed E-state index contributed by atoms with van der Waals surface area (Å²) in [5.41, 5.74) is 6.01. The van der Waals surface area contributed by atoms with Crippen molar-refractivity contribution in [2.75, 3.05) is 44.4 Å². The third-order valence-corrected chi connectivity index (χ3v) is 2.85. The van der Waals surface area contributed by atoms with Gasteiger partial charge in [-0.15, -0.1) is 0 Å². The Morgan fingerprint density at radius 2 is 1.86 bits per heavy atom. The van der Waals surface area contributed by atoms with E-state index in [0.29, 0.717) is 45.2 Å². The number of rotatable bonds is 10. The molecule has 1 aromatic heterocycles. The largest absolute Gasteiger partial charge is 0.409 e. The van der Waals surface area contributed by atoms with Crippen LogP contribution in [-0.4, -0.2) is 55.5 Å². The third kappa shape index (κ3) is 5.97. The lowest BCUT2D eigenvalue weighted by atomic mass is 10.3. The number of hydrogen-bond acceptors (Lipinski definition) is 6. The molecule has 0 amide bonds. The maximum Gasteiger partial charge on any atom is 0.188 e. The Bertz CT molecular complexity index is 430. The molecule has 0 atom stereocenters. The summed E-state index contributed by atoms with van der Waals surface area (Å²) in [6.07, 6.45) is 0. The number of nitrogens with two attached hydrogens (primary N) is 1. The van der Waals surface area contributed by atoms with Gasteiger partial charge in [0.15, 0.2) is 5.84 Å². The minimum Gasteiger partial charge on any atom is -0.409 e. The molecule has 0 aliphatic rings. The highest BCUT2D eigenvalue weighted by Crippen LogP contribution is 2.11. The Morgan fingerprint density at radius 3 is 2.38 bits per heavy atom. The fourth-order valence-electron chi connectivity index (χ4n) is 1.77. The van der Waals surface area contributed by atoms with Crippen LogP contribution in [0.1, 0.15) is 19.5 Å². The van der Waals surface area contributed by atoms with Crippen LogP contribution in [0.5, 0.6) is 0 Å². The van der Waals surface area contributed by atoms with Gasteiger partial charge in [0.05, 0.1) is 13.2 Å². The summed E-state index contributed by atoms with van der Waals surface area (Å²) in [6.45, 7) is 7.90. The number of hydrogen-bond donors (Lipinski definition) is 2. The van der Waals surface area contributed by atoms with E-state index in [9.17, 15) is 0 Å². The van der Waals surface area contributed by atoms with E-state index in [1.807, 2.05) is 26.0 Å². The first kappa shape index (κ1) is 17.2. The molecule has 118 valence electrons. The molecule has 0 radical (unpaired) electrons. The maximum atomic E-state index is 8.73. The molecular formula is C14H24N4O3. The molecule has 21 heavy (non-hydrogen) atoms. The Balaban J connectivity index is 2.79. The van der Waals surface area contributed by atoms with Crippen LogP contribution >= 0.6 is 0 Å². The van der Waals surface area contributed by atoms with Crippen molar-refractivity contribution < 1.29 is 14.7 Å². The molecule has 0 unspecified atom stereocenters. The number of anilines is 1. The molecule has 1 heterocycles. The molecule has 0 fully saturated rings. The van der Waals surface area contributed by atoms with E-state index in [2.05, 4.69) is 15.0 Å². The van der Waals surface area contributed by atoms with E-state index in [1.54, 1.807) is 6.07 Å². The Labute approximate surface area is 125 Å². The molecule has 0 spiro atoms. The molecule has 0 aliphatic heterocycles. The zero-order chi connectivity index (χ0) is 15.5. The summed E-state index contributed by atoms with van der Waals surface area (Å²) >= 11 is 0. The second-order valence-electron chi connectivity index (χ2n) is 4.25. The van der Waals surface area contributed by atoms with Crippen LogP contribution in [0.4, 0.5) is 5.82 Å². The molecule has 0 aliphatic carbocycles. The van der Waals surface area contributed by atoms with Gasteiger partial charge in [0.2, 0.25) is 0 Å². The molecule has 3 N–H and O–H groups in total. The van der Waals surface area contributed by atoms with E-state index >= 15 is 0 Å². The summed E-state index contributed by atoms with van der Waals surface area (Å²) < 4.78 is 10.8. The smallest absolute Gasteiger partial charge is 0.188 e. The van der Waals surface area contributed by atoms with Crippen LogP contribution in [0, 0.1) is 0 Å². The number of amidine groups is 1. The van der Waals surface area contributed by atoms with Crippen molar-refractivity contribution in [1.29, 1.82) is 0 Å². The molecule has 7 nitrogen and oxygen atoms in total. The van der Waals surface area contributed by atoms with Crippen LogP contribution < -0.4 is 10.6 Å². The van der Waals surface area contributed by atoms with Crippen molar-refractivity contribution in [3.8, 4) is 0 Å². The van der Waals surface area contributed by atoms with Crippen molar-refractivity contribution >= 4 is 11.7 Å². The summed E-state index contributed by atoms with van der Waals surface area (Å²) in [6, 6.07) is 5.40. The normalized spacial score (nSPS) is 11.6. The molecule has 0 bridgehead atoms. The van der Waals surface area contributed by atoms with Gasteiger partial charge in [-0.05, 0) is 26.0 Å². The lowest BCUT2D eigenvalue weighted by molar-refractivity contribution is 0.141. The molecule has 1 aromatic rings. The zero-order valence-electron chi connectivity index (χ0n) is 12.7. The van der Waals surface area contributed by atoms with Crippen LogP contribution in [0.3, 0.4) is 0 Å². The quantitative estimate of drug-likeness (QED) is 0.220. The first-order chi connectivity index (χ1) is 10.2. The van der Waals surface area contributed by atoms with Gasteiger partial charge in [0, 0.05) is 26.3 Å². The van der Waals surface area contributed by atoms with Crippen molar-refractivity contribution in [2.24, 2.45) is 10.9 Å². The Morgan fingerprint density at radius 1 is 1.24 bits per heavy atom. The number of nitrogens with zero attached hydrogens (tertiary/aromatic N) is 3. The molecule has 1 rings (SSSR count). The Hall–Kier alpha value is -1.86. The summed E-state index contributed by atoms with van der Waals surface area (Å²) in [5, 5.41) is 11.7.